The molecule has 8 nitrogen and oxygen atoms in total. The lowest BCUT2D eigenvalue weighted by Crippen LogP contribution is -2.52. The van der Waals surface area contributed by atoms with Crippen molar-refractivity contribution in [1.29, 1.82) is 0 Å². The van der Waals surface area contributed by atoms with Gasteiger partial charge in [0.2, 0.25) is 21.8 Å². The van der Waals surface area contributed by atoms with E-state index in [1.807, 2.05) is 44.2 Å². The molecule has 2 amide bonds. The highest BCUT2D eigenvalue weighted by Crippen LogP contribution is 2.23. The van der Waals surface area contributed by atoms with E-state index < -0.39 is 40.2 Å². The Labute approximate surface area is 235 Å². The van der Waals surface area contributed by atoms with Gasteiger partial charge in [-0.25, -0.2) is 12.8 Å². The fourth-order valence-corrected chi connectivity index (χ4v) is 4.77. The zero-order valence-electron chi connectivity index (χ0n) is 23.2. The van der Waals surface area contributed by atoms with Crippen molar-refractivity contribution in [3.63, 3.8) is 0 Å². The summed E-state index contributed by atoms with van der Waals surface area (Å²) in [5, 5.41) is 2.84. The van der Waals surface area contributed by atoms with Gasteiger partial charge in [0.1, 0.15) is 30.8 Å². The van der Waals surface area contributed by atoms with Gasteiger partial charge in [-0.05, 0) is 56.2 Å². The van der Waals surface area contributed by atoms with Crippen LogP contribution in [0.25, 0.3) is 0 Å². The molecule has 0 saturated heterocycles. The second kappa shape index (κ2) is 13.9. The zero-order chi connectivity index (χ0) is 29.3. The van der Waals surface area contributed by atoms with Crippen molar-refractivity contribution in [3.05, 3.63) is 95.8 Å². The Morgan fingerprint density at radius 3 is 2.17 bits per heavy atom. The molecular weight excluding hydrogens is 533 g/mol. The van der Waals surface area contributed by atoms with E-state index in [4.69, 9.17) is 4.74 Å². The summed E-state index contributed by atoms with van der Waals surface area (Å²) < 4.78 is 46.8. The van der Waals surface area contributed by atoms with E-state index in [2.05, 4.69) is 5.32 Å². The molecule has 0 saturated carbocycles. The molecule has 0 fully saturated rings. The van der Waals surface area contributed by atoms with E-state index in [1.54, 1.807) is 37.3 Å². The first-order valence-electron chi connectivity index (χ1n) is 13.1. The third kappa shape index (κ3) is 8.54. The van der Waals surface area contributed by atoms with Crippen molar-refractivity contribution in [1.82, 2.24) is 10.2 Å². The number of carbonyl (C=O) groups is 2. The van der Waals surface area contributed by atoms with Gasteiger partial charge in [0.05, 0.1) is 11.9 Å². The molecule has 1 N–H and O–H groups in total. The maximum atomic E-state index is 14.5. The van der Waals surface area contributed by atoms with Crippen LogP contribution in [0.4, 0.5) is 10.1 Å². The molecule has 0 aliphatic carbocycles. The van der Waals surface area contributed by atoms with Crippen LogP contribution in [0.1, 0.15) is 38.3 Å². The Morgan fingerprint density at radius 2 is 1.57 bits per heavy atom. The average Bonchev–Trinajstić information content (AvgIpc) is 2.94. The van der Waals surface area contributed by atoms with Crippen LogP contribution in [0, 0.1) is 5.82 Å². The second-order valence-corrected chi connectivity index (χ2v) is 11.6. The largest absolute Gasteiger partial charge is 0.489 e. The summed E-state index contributed by atoms with van der Waals surface area (Å²) in [6, 6.07) is 20.8. The zero-order valence-corrected chi connectivity index (χ0v) is 24.0. The molecule has 40 heavy (non-hydrogen) atoms. The first-order valence-corrected chi connectivity index (χ1v) is 14.9. The number of ether oxygens (including phenoxy) is 1. The first kappa shape index (κ1) is 30.6. The first-order chi connectivity index (χ1) is 19.0. The lowest BCUT2D eigenvalue weighted by molar-refractivity contribution is -0.139. The molecule has 0 bridgehead atoms. The monoisotopic (exact) mass is 569 g/mol. The Kier molecular flexibility index (Phi) is 10.7. The normalized spacial score (nSPS) is 12.7. The van der Waals surface area contributed by atoms with E-state index in [1.165, 1.54) is 23.1 Å². The molecule has 10 heteroatoms. The highest BCUT2D eigenvalue weighted by molar-refractivity contribution is 7.92. The highest BCUT2D eigenvalue weighted by atomic mass is 32.2. The summed E-state index contributed by atoms with van der Waals surface area (Å²) in [5.74, 6) is -1.06. The summed E-state index contributed by atoms with van der Waals surface area (Å²) in [5.41, 5.74) is 1.45. The van der Waals surface area contributed by atoms with Crippen LogP contribution in [0.2, 0.25) is 0 Å². The molecule has 0 spiro atoms. The minimum Gasteiger partial charge on any atom is -0.489 e. The van der Waals surface area contributed by atoms with Crippen molar-refractivity contribution < 1.29 is 27.1 Å². The van der Waals surface area contributed by atoms with E-state index in [-0.39, 0.29) is 23.8 Å². The third-order valence-corrected chi connectivity index (χ3v) is 7.66. The van der Waals surface area contributed by atoms with Crippen LogP contribution in [0.15, 0.2) is 78.9 Å². The Hall–Kier alpha value is -3.92. The average molecular weight is 570 g/mol. The van der Waals surface area contributed by atoms with Gasteiger partial charge in [0, 0.05) is 18.2 Å². The standard InChI is InChI=1S/C30H36FN3O5S/c1-5-22(2)32-30(36)23(3)33(19-25-13-9-10-14-28(25)31)29(35)20-34(40(4,37)38)26-15-17-27(18-16-26)39-21-24-11-7-6-8-12-24/h6-18,22-23H,5,19-21H2,1-4H3,(H,32,36). The molecule has 0 radical (unpaired) electrons. The van der Waals surface area contributed by atoms with Crippen molar-refractivity contribution in [2.45, 2.75) is 52.4 Å². The number of nitrogens with one attached hydrogen (secondary N) is 1. The number of hydrogen-bond donors (Lipinski definition) is 1. The number of benzene rings is 3. The Balaban J connectivity index is 1.83. The molecular formula is C30H36FN3O5S. The van der Waals surface area contributed by atoms with E-state index in [9.17, 15) is 22.4 Å². The van der Waals surface area contributed by atoms with Gasteiger partial charge in [-0.2, -0.15) is 0 Å². The lowest BCUT2D eigenvalue weighted by Gasteiger charge is -2.32. The quantitative estimate of drug-likeness (QED) is 0.327. The molecule has 0 heterocycles. The third-order valence-electron chi connectivity index (χ3n) is 6.52. The predicted molar refractivity (Wildman–Crippen MR) is 154 cm³/mol. The smallest absolute Gasteiger partial charge is 0.244 e. The van der Waals surface area contributed by atoms with Crippen molar-refractivity contribution in [2.24, 2.45) is 0 Å². The summed E-state index contributed by atoms with van der Waals surface area (Å²) >= 11 is 0. The fraction of sp³-hybridized carbons (Fsp3) is 0.333. The number of rotatable bonds is 13. The lowest BCUT2D eigenvalue weighted by atomic mass is 10.1. The maximum absolute atomic E-state index is 14.5. The minimum atomic E-state index is -3.89. The molecule has 0 aromatic heterocycles. The van der Waals surface area contributed by atoms with Crippen LogP contribution < -0.4 is 14.4 Å². The predicted octanol–water partition coefficient (Wildman–Crippen LogP) is 4.50. The molecule has 3 aromatic carbocycles. The van der Waals surface area contributed by atoms with Crippen LogP contribution in [-0.2, 0) is 32.8 Å². The number of carbonyl (C=O) groups excluding carboxylic acids is 2. The van der Waals surface area contributed by atoms with Crippen LogP contribution >= 0.6 is 0 Å². The topological polar surface area (TPSA) is 96.0 Å². The van der Waals surface area contributed by atoms with Gasteiger partial charge in [-0.15, -0.1) is 0 Å². The minimum absolute atomic E-state index is 0.129. The molecule has 0 aliphatic heterocycles. The van der Waals surface area contributed by atoms with E-state index in [0.717, 1.165) is 16.1 Å². The van der Waals surface area contributed by atoms with Crippen LogP contribution in [-0.4, -0.2) is 50.0 Å². The number of hydrogen-bond acceptors (Lipinski definition) is 5. The molecule has 3 rings (SSSR count). The highest BCUT2D eigenvalue weighted by Gasteiger charge is 2.31. The van der Waals surface area contributed by atoms with Gasteiger partial charge in [-0.3, -0.25) is 13.9 Å². The van der Waals surface area contributed by atoms with Crippen LogP contribution in [0.5, 0.6) is 5.75 Å². The number of sulfonamides is 1. The maximum Gasteiger partial charge on any atom is 0.244 e. The summed E-state index contributed by atoms with van der Waals surface area (Å²) in [6.45, 7) is 4.87. The molecule has 2 unspecified atom stereocenters. The summed E-state index contributed by atoms with van der Waals surface area (Å²) in [4.78, 5) is 27.8. The second-order valence-electron chi connectivity index (χ2n) is 9.64. The van der Waals surface area contributed by atoms with Gasteiger partial charge in [-0.1, -0.05) is 55.5 Å². The van der Waals surface area contributed by atoms with Crippen molar-refractivity contribution in [2.75, 3.05) is 17.1 Å². The number of anilines is 1. The Morgan fingerprint density at radius 1 is 0.950 bits per heavy atom. The van der Waals surface area contributed by atoms with Crippen molar-refractivity contribution >= 4 is 27.5 Å². The van der Waals surface area contributed by atoms with Crippen molar-refractivity contribution in [3.8, 4) is 5.75 Å². The Bertz CT molecular complexity index is 1380. The molecule has 3 aromatic rings. The summed E-state index contributed by atoms with van der Waals surface area (Å²) in [6.07, 6.45) is 1.69. The SMILES string of the molecule is CCC(C)NC(=O)C(C)N(Cc1ccccc1F)C(=O)CN(c1ccc(OCc2ccccc2)cc1)S(C)(=O)=O. The van der Waals surface area contributed by atoms with E-state index >= 15 is 0 Å². The number of halogens is 1. The summed E-state index contributed by atoms with van der Waals surface area (Å²) in [7, 11) is -3.89. The molecule has 0 aliphatic rings. The number of nitrogens with zero attached hydrogens (tertiary/aromatic N) is 2. The molecule has 214 valence electrons. The van der Waals surface area contributed by atoms with Crippen LogP contribution in [0.3, 0.4) is 0 Å². The van der Waals surface area contributed by atoms with Gasteiger partial charge >= 0.3 is 0 Å². The van der Waals surface area contributed by atoms with E-state index in [0.29, 0.717) is 18.8 Å². The fourth-order valence-electron chi connectivity index (χ4n) is 3.92. The number of amides is 2. The van der Waals surface area contributed by atoms with Gasteiger partial charge < -0.3 is 15.0 Å². The molecule has 2 atom stereocenters. The van der Waals surface area contributed by atoms with Gasteiger partial charge in [0.25, 0.3) is 0 Å². The van der Waals surface area contributed by atoms with Gasteiger partial charge in [0.15, 0.2) is 0 Å².